The maximum atomic E-state index is 4.57. The van der Waals surface area contributed by atoms with Crippen LogP contribution in [0.2, 0.25) is 0 Å². The third kappa shape index (κ3) is 2.75. The Kier molecular flexibility index (Phi) is 3.52. The lowest BCUT2D eigenvalue weighted by Crippen LogP contribution is -2.39. The number of rotatable bonds is 5. The van der Waals surface area contributed by atoms with E-state index in [-0.39, 0.29) is 0 Å². The van der Waals surface area contributed by atoms with Crippen LogP contribution >= 0.6 is 0 Å². The zero-order chi connectivity index (χ0) is 14.4. The molecule has 1 heterocycles. The Morgan fingerprint density at radius 2 is 1.81 bits per heavy atom. The molecule has 0 radical (unpaired) electrons. The van der Waals surface area contributed by atoms with Gasteiger partial charge in [0.2, 0.25) is 0 Å². The summed E-state index contributed by atoms with van der Waals surface area (Å²) in [5.74, 6) is 4.05. The summed E-state index contributed by atoms with van der Waals surface area (Å²) in [5, 5.41) is 9.11. The van der Waals surface area contributed by atoms with Crippen LogP contribution in [0, 0.1) is 5.92 Å². The molecule has 2 atom stereocenters. The van der Waals surface area contributed by atoms with E-state index in [1.54, 1.807) is 0 Å². The van der Waals surface area contributed by atoms with Crippen LogP contribution in [-0.4, -0.2) is 32.8 Å². The van der Waals surface area contributed by atoms with Gasteiger partial charge in [-0.25, -0.2) is 0 Å². The highest BCUT2D eigenvalue weighted by molar-refractivity contribution is 5.12. The largest absolute Gasteiger partial charge is 0.311 e. The van der Waals surface area contributed by atoms with Crippen molar-refractivity contribution < 1.29 is 0 Å². The van der Waals surface area contributed by atoms with Crippen molar-refractivity contribution in [2.24, 2.45) is 5.92 Å². The van der Waals surface area contributed by atoms with Crippen molar-refractivity contribution in [1.82, 2.24) is 19.7 Å². The zero-order valence-electron chi connectivity index (χ0n) is 13.5. The van der Waals surface area contributed by atoms with Crippen molar-refractivity contribution in [3.05, 3.63) is 11.6 Å². The van der Waals surface area contributed by atoms with E-state index in [0.717, 1.165) is 18.5 Å². The molecule has 0 aromatic carbocycles. The monoisotopic (exact) mass is 288 g/mol. The quantitative estimate of drug-likeness (QED) is 0.831. The third-order valence-electron chi connectivity index (χ3n) is 5.67. The molecule has 1 aromatic rings. The zero-order valence-corrected chi connectivity index (χ0v) is 13.5. The van der Waals surface area contributed by atoms with Crippen LogP contribution in [0.3, 0.4) is 0 Å². The molecule has 0 aliphatic heterocycles. The van der Waals surface area contributed by atoms with Gasteiger partial charge in [-0.15, -0.1) is 10.2 Å². The standard InChI is InChI=1S/C17H28N4/c1-12-5-3-4-6-15(12)20(2)11-16-18-19-17(13-7-8-13)21(16)14-9-10-14/h12-15H,3-11H2,1-2H3/t12-,15-/m1/s1. The Hall–Kier alpha value is -0.900. The Bertz CT molecular complexity index is 501. The third-order valence-corrected chi connectivity index (χ3v) is 5.67. The van der Waals surface area contributed by atoms with Gasteiger partial charge < -0.3 is 4.57 Å². The lowest BCUT2D eigenvalue weighted by Gasteiger charge is -2.36. The summed E-state index contributed by atoms with van der Waals surface area (Å²) in [6, 6.07) is 1.44. The van der Waals surface area contributed by atoms with Gasteiger partial charge in [0, 0.05) is 18.0 Å². The predicted octanol–water partition coefficient (Wildman–Crippen LogP) is 3.50. The summed E-state index contributed by atoms with van der Waals surface area (Å²) in [7, 11) is 2.29. The van der Waals surface area contributed by atoms with E-state index in [1.807, 2.05) is 0 Å². The Balaban J connectivity index is 1.51. The van der Waals surface area contributed by atoms with E-state index in [2.05, 4.69) is 33.6 Å². The number of nitrogens with zero attached hydrogens (tertiary/aromatic N) is 4. The highest BCUT2D eigenvalue weighted by Crippen LogP contribution is 2.44. The van der Waals surface area contributed by atoms with E-state index in [4.69, 9.17) is 0 Å². The molecule has 0 bridgehead atoms. The van der Waals surface area contributed by atoms with Crippen molar-refractivity contribution >= 4 is 0 Å². The first-order valence-electron chi connectivity index (χ1n) is 8.88. The Labute approximate surface area is 127 Å². The summed E-state index contributed by atoms with van der Waals surface area (Å²) in [6.07, 6.45) is 10.8. The molecule has 4 heteroatoms. The molecule has 3 aliphatic rings. The SMILES string of the molecule is C[C@@H]1CCCC[C@H]1N(C)Cc1nnc(C2CC2)n1C1CC1. The second-order valence-corrected chi connectivity index (χ2v) is 7.59. The molecule has 21 heavy (non-hydrogen) atoms. The van der Waals surface area contributed by atoms with Crippen LogP contribution in [0.4, 0.5) is 0 Å². The molecule has 0 spiro atoms. The molecule has 116 valence electrons. The predicted molar refractivity (Wildman–Crippen MR) is 83.2 cm³/mol. The molecule has 0 amide bonds. The fourth-order valence-corrected chi connectivity index (χ4v) is 4.09. The second-order valence-electron chi connectivity index (χ2n) is 7.59. The van der Waals surface area contributed by atoms with Gasteiger partial charge in [-0.2, -0.15) is 0 Å². The molecule has 3 aliphatic carbocycles. The number of hydrogen-bond acceptors (Lipinski definition) is 3. The fourth-order valence-electron chi connectivity index (χ4n) is 4.09. The van der Waals surface area contributed by atoms with Gasteiger partial charge in [0.05, 0.1) is 6.54 Å². The van der Waals surface area contributed by atoms with Crippen LogP contribution in [0.1, 0.15) is 81.9 Å². The summed E-state index contributed by atoms with van der Waals surface area (Å²) in [5.41, 5.74) is 0. The molecule has 4 rings (SSSR count). The molecular formula is C17H28N4. The average Bonchev–Trinajstić information content (AvgIpc) is 3.39. The maximum Gasteiger partial charge on any atom is 0.147 e. The van der Waals surface area contributed by atoms with Crippen LogP contribution in [0.15, 0.2) is 0 Å². The molecular weight excluding hydrogens is 260 g/mol. The molecule has 0 saturated heterocycles. The van der Waals surface area contributed by atoms with E-state index in [9.17, 15) is 0 Å². The van der Waals surface area contributed by atoms with Crippen molar-refractivity contribution in [3.8, 4) is 0 Å². The summed E-state index contributed by atoms with van der Waals surface area (Å²) < 4.78 is 2.50. The van der Waals surface area contributed by atoms with Gasteiger partial charge >= 0.3 is 0 Å². The minimum Gasteiger partial charge on any atom is -0.311 e. The maximum absolute atomic E-state index is 4.57. The minimum atomic E-state index is 0.711. The van der Waals surface area contributed by atoms with Crippen molar-refractivity contribution in [2.45, 2.75) is 82.8 Å². The molecule has 0 N–H and O–H groups in total. The molecule has 3 saturated carbocycles. The minimum absolute atomic E-state index is 0.711. The lowest BCUT2D eigenvalue weighted by atomic mass is 9.85. The lowest BCUT2D eigenvalue weighted by molar-refractivity contribution is 0.129. The Morgan fingerprint density at radius 1 is 1.05 bits per heavy atom. The van der Waals surface area contributed by atoms with Gasteiger partial charge in [0.15, 0.2) is 0 Å². The first-order valence-corrected chi connectivity index (χ1v) is 8.88. The smallest absolute Gasteiger partial charge is 0.147 e. The van der Waals surface area contributed by atoms with E-state index >= 15 is 0 Å². The second kappa shape index (κ2) is 5.38. The van der Waals surface area contributed by atoms with Crippen LogP contribution in [0.5, 0.6) is 0 Å². The number of aromatic nitrogens is 3. The molecule has 0 unspecified atom stereocenters. The summed E-state index contributed by atoms with van der Waals surface area (Å²) in [4.78, 5) is 2.55. The van der Waals surface area contributed by atoms with Gasteiger partial charge in [-0.1, -0.05) is 19.8 Å². The van der Waals surface area contributed by atoms with Gasteiger partial charge in [-0.3, -0.25) is 4.90 Å². The van der Waals surface area contributed by atoms with Crippen molar-refractivity contribution in [1.29, 1.82) is 0 Å². The highest BCUT2D eigenvalue weighted by Gasteiger charge is 2.36. The summed E-state index contributed by atoms with van der Waals surface area (Å²) in [6.45, 7) is 3.40. The summed E-state index contributed by atoms with van der Waals surface area (Å²) >= 11 is 0. The van der Waals surface area contributed by atoms with Crippen LogP contribution in [-0.2, 0) is 6.54 Å². The fraction of sp³-hybridized carbons (Fsp3) is 0.882. The van der Waals surface area contributed by atoms with Crippen molar-refractivity contribution in [2.75, 3.05) is 7.05 Å². The van der Waals surface area contributed by atoms with E-state index < -0.39 is 0 Å². The van der Waals surface area contributed by atoms with Crippen LogP contribution < -0.4 is 0 Å². The molecule has 3 fully saturated rings. The molecule has 1 aromatic heterocycles. The first kappa shape index (κ1) is 13.7. The first-order chi connectivity index (χ1) is 10.2. The van der Waals surface area contributed by atoms with Gasteiger partial charge in [0.25, 0.3) is 0 Å². The van der Waals surface area contributed by atoms with E-state index in [0.29, 0.717) is 12.0 Å². The number of hydrogen-bond donors (Lipinski definition) is 0. The normalized spacial score (nSPS) is 30.0. The van der Waals surface area contributed by atoms with Crippen LogP contribution in [0.25, 0.3) is 0 Å². The highest BCUT2D eigenvalue weighted by atomic mass is 15.3. The van der Waals surface area contributed by atoms with Gasteiger partial charge in [-0.05, 0) is 51.5 Å². The molecule has 4 nitrogen and oxygen atoms in total. The van der Waals surface area contributed by atoms with Gasteiger partial charge in [0.1, 0.15) is 11.6 Å². The topological polar surface area (TPSA) is 34.0 Å². The average molecular weight is 288 g/mol. The van der Waals surface area contributed by atoms with E-state index in [1.165, 1.54) is 63.0 Å². The Morgan fingerprint density at radius 3 is 2.48 bits per heavy atom. The van der Waals surface area contributed by atoms with Crippen molar-refractivity contribution in [3.63, 3.8) is 0 Å².